The summed E-state index contributed by atoms with van der Waals surface area (Å²) in [5.74, 6) is 0.0278. The van der Waals surface area contributed by atoms with Gasteiger partial charge in [0.2, 0.25) is 0 Å². The van der Waals surface area contributed by atoms with Crippen molar-refractivity contribution in [2.24, 2.45) is 0 Å². The Hall–Kier alpha value is -1.81. The molecule has 1 heterocycles. The van der Waals surface area contributed by atoms with Crippen LogP contribution in [-0.2, 0) is 0 Å². The van der Waals surface area contributed by atoms with Crippen LogP contribution in [0, 0.1) is 0 Å². The van der Waals surface area contributed by atoms with Crippen LogP contribution in [0.2, 0.25) is 0 Å². The van der Waals surface area contributed by atoms with Crippen LogP contribution in [0.3, 0.4) is 0 Å². The molecule has 1 unspecified atom stereocenters. The number of anilines is 1. The normalized spacial score (nSPS) is 18.6. The first-order chi connectivity index (χ1) is 9.22. The van der Waals surface area contributed by atoms with Gasteiger partial charge in [-0.3, -0.25) is 4.79 Å². The number of benzene rings is 1. The molecule has 3 rings (SSSR count). The van der Waals surface area contributed by atoms with Gasteiger partial charge < -0.3 is 11.1 Å². The number of fused-ring (bicyclic) bond motifs is 1. The maximum Gasteiger partial charge on any atom is 0.261 e. The van der Waals surface area contributed by atoms with Gasteiger partial charge in [-0.1, -0.05) is 12.2 Å². The molecule has 1 amide bonds. The molecule has 3 N–H and O–H groups in total. The lowest BCUT2D eigenvalue weighted by Gasteiger charge is -2.18. The van der Waals surface area contributed by atoms with Crippen molar-refractivity contribution < 1.29 is 4.79 Å². The van der Waals surface area contributed by atoms with Crippen molar-refractivity contribution >= 4 is 33.0 Å². The van der Waals surface area contributed by atoms with Gasteiger partial charge in [-0.2, -0.15) is 0 Å². The fourth-order valence-corrected chi connectivity index (χ4v) is 3.30. The molecule has 3 nitrogen and oxygen atoms in total. The first-order valence-corrected chi connectivity index (χ1v) is 7.29. The number of hydrogen-bond acceptors (Lipinski definition) is 3. The zero-order valence-electron chi connectivity index (χ0n) is 10.6. The van der Waals surface area contributed by atoms with Crippen LogP contribution in [0.25, 0.3) is 10.1 Å². The summed E-state index contributed by atoms with van der Waals surface area (Å²) in [5.41, 5.74) is 6.49. The number of rotatable bonds is 2. The van der Waals surface area contributed by atoms with Crippen molar-refractivity contribution in [3.05, 3.63) is 41.3 Å². The maximum atomic E-state index is 12.2. The molecule has 0 saturated heterocycles. The molecule has 0 aliphatic heterocycles. The lowest BCUT2D eigenvalue weighted by atomic mass is 10.0. The van der Waals surface area contributed by atoms with Crippen molar-refractivity contribution in [3.63, 3.8) is 0 Å². The second-order valence-corrected chi connectivity index (χ2v) is 5.95. The van der Waals surface area contributed by atoms with E-state index < -0.39 is 0 Å². The summed E-state index contributed by atoms with van der Waals surface area (Å²) in [6.45, 7) is 0. The van der Waals surface area contributed by atoms with E-state index >= 15 is 0 Å². The molecule has 1 aromatic heterocycles. The Labute approximate surface area is 116 Å². The van der Waals surface area contributed by atoms with E-state index in [1.165, 1.54) is 11.3 Å². The van der Waals surface area contributed by atoms with Crippen molar-refractivity contribution in [1.82, 2.24) is 5.32 Å². The average Bonchev–Trinajstić information content (AvgIpc) is 2.83. The molecule has 1 atom stereocenters. The van der Waals surface area contributed by atoms with Gasteiger partial charge in [0.05, 0.1) is 4.88 Å². The number of carbonyl (C=O) groups is 1. The number of nitrogen functional groups attached to an aromatic ring is 1. The fourth-order valence-electron chi connectivity index (χ4n) is 2.35. The number of amides is 1. The van der Waals surface area contributed by atoms with Gasteiger partial charge in [0.1, 0.15) is 0 Å². The zero-order valence-corrected chi connectivity index (χ0v) is 11.4. The van der Waals surface area contributed by atoms with Gasteiger partial charge in [-0.05, 0) is 48.9 Å². The highest BCUT2D eigenvalue weighted by molar-refractivity contribution is 7.20. The second-order valence-electron chi connectivity index (χ2n) is 4.86. The van der Waals surface area contributed by atoms with E-state index in [1.807, 2.05) is 24.3 Å². The number of hydrogen-bond donors (Lipinski definition) is 2. The van der Waals surface area contributed by atoms with Crippen LogP contribution >= 0.6 is 11.3 Å². The molecule has 98 valence electrons. The quantitative estimate of drug-likeness (QED) is 0.651. The smallest absolute Gasteiger partial charge is 0.261 e. The van der Waals surface area contributed by atoms with Crippen LogP contribution in [0.1, 0.15) is 28.9 Å². The summed E-state index contributed by atoms with van der Waals surface area (Å²) in [6.07, 6.45) is 7.32. The summed E-state index contributed by atoms with van der Waals surface area (Å²) in [7, 11) is 0. The third-order valence-corrected chi connectivity index (χ3v) is 4.48. The van der Waals surface area contributed by atoms with Gasteiger partial charge in [0, 0.05) is 16.4 Å². The minimum Gasteiger partial charge on any atom is -0.399 e. The molecule has 0 fully saturated rings. The van der Waals surface area contributed by atoms with Gasteiger partial charge in [0.25, 0.3) is 5.91 Å². The number of allylic oxidation sites excluding steroid dienone is 1. The Kier molecular flexibility index (Phi) is 3.25. The Bertz CT molecular complexity index is 645. The van der Waals surface area contributed by atoms with E-state index in [0.29, 0.717) is 0 Å². The maximum absolute atomic E-state index is 12.2. The topological polar surface area (TPSA) is 55.1 Å². The summed E-state index contributed by atoms with van der Waals surface area (Å²) in [6, 6.07) is 7.94. The SMILES string of the molecule is Nc1ccc2sc(C(=O)NC3CC=CCC3)cc2c1. The van der Waals surface area contributed by atoms with Crippen molar-refractivity contribution in [2.75, 3.05) is 5.73 Å². The monoisotopic (exact) mass is 272 g/mol. The standard InChI is InChI=1S/C15H16N2OS/c16-11-6-7-13-10(8-11)9-14(19-13)15(18)17-12-4-2-1-3-5-12/h1-2,6-9,12H,3-5,16H2,(H,17,18). The number of nitrogens with one attached hydrogen (secondary N) is 1. The molecule has 2 aromatic rings. The van der Waals surface area contributed by atoms with Gasteiger partial charge >= 0.3 is 0 Å². The third kappa shape index (κ3) is 2.63. The molecule has 1 aliphatic rings. The van der Waals surface area contributed by atoms with E-state index in [2.05, 4.69) is 17.5 Å². The molecule has 0 radical (unpaired) electrons. The summed E-state index contributed by atoms with van der Waals surface area (Å²) in [5, 5.41) is 4.14. The number of thiophene rings is 1. The summed E-state index contributed by atoms with van der Waals surface area (Å²) >= 11 is 1.52. The highest BCUT2D eigenvalue weighted by Crippen LogP contribution is 2.27. The lowest BCUT2D eigenvalue weighted by Crippen LogP contribution is -2.34. The highest BCUT2D eigenvalue weighted by atomic mass is 32.1. The van der Waals surface area contributed by atoms with Gasteiger partial charge in [-0.25, -0.2) is 0 Å². The van der Waals surface area contributed by atoms with Crippen LogP contribution < -0.4 is 11.1 Å². The van der Waals surface area contributed by atoms with Crippen LogP contribution in [0.4, 0.5) is 5.69 Å². The molecule has 0 spiro atoms. The van der Waals surface area contributed by atoms with E-state index in [0.717, 1.165) is 39.9 Å². The molecular weight excluding hydrogens is 256 g/mol. The molecule has 19 heavy (non-hydrogen) atoms. The molecule has 4 heteroatoms. The summed E-state index contributed by atoms with van der Waals surface area (Å²) in [4.78, 5) is 13.0. The Morgan fingerprint density at radius 3 is 3.00 bits per heavy atom. The molecule has 0 bridgehead atoms. The van der Waals surface area contributed by atoms with E-state index in [-0.39, 0.29) is 11.9 Å². The van der Waals surface area contributed by atoms with Crippen molar-refractivity contribution in [3.8, 4) is 0 Å². The molecule has 0 saturated carbocycles. The third-order valence-electron chi connectivity index (χ3n) is 3.37. The Balaban J connectivity index is 1.79. The minimum atomic E-state index is 0.0278. The summed E-state index contributed by atoms with van der Waals surface area (Å²) < 4.78 is 1.10. The first-order valence-electron chi connectivity index (χ1n) is 6.47. The molecular formula is C15H16N2OS. The first kappa shape index (κ1) is 12.2. The Morgan fingerprint density at radius 2 is 2.21 bits per heavy atom. The average molecular weight is 272 g/mol. The molecule has 1 aromatic carbocycles. The predicted molar refractivity (Wildman–Crippen MR) is 80.5 cm³/mol. The van der Waals surface area contributed by atoms with Crippen molar-refractivity contribution in [2.45, 2.75) is 25.3 Å². The zero-order chi connectivity index (χ0) is 13.2. The van der Waals surface area contributed by atoms with Gasteiger partial charge in [0.15, 0.2) is 0 Å². The van der Waals surface area contributed by atoms with E-state index in [4.69, 9.17) is 5.73 Å². The minimum absolute atomic E-state index is 0.0278. The van der Waals surface area contributed by atoms with Gasteiger partial charge in [-0.15, -0.1) is 11.3 Å². The van der Waals surface area contributed by atoms with Crippen LogP contribution in [0.5, 0.6) is 0 Å². The lowest BCUT2D eigenvalue weighted by molar-refractivity contribution is 0.0939. The van der Waals surface area contributed by atoms with E-state index in [9.17, 15) is 4.79 Å². The number of nitrogens with two attached hydrogens (primary N) is 1. The largest absolute Gasteiger partial charge is 0.399 e. The van der Waals surface area contributed by atoms with Crippen LogP contribution in [0.15, 0.2) is 36.4 Å². The molecule has 1 aliphatic carbocycles. The van der Waals surface area contributed by atoms with Crippen LogP contribution in [-0.4, -0.2) is 11.9 Å². The Morgan fingerprint density at radius 1 is 1.32 bits per heavy atom. The predicted octanol–water partition coefficient (Wildman–Crippen LogP) is 3.32. The fraction of sp³-hybridized carbons (Fsp3) is 0.267. The second kappa shape index (κ2) is 5.05. The van der Waals surface area contributed by atoms with Crippen molar-refractivity contribution in [1.29, 1.82) is 0 Å². The number of carbonyl (C=O) groups excluding carboxylic acids is 1. The van der Waals surface area contributed by atoms with E-state index in [1.54, 1.807) is 0 Å². The highest BCUT2D eigenvalue weighted by Gasteiger charge is 2.16.